The van der Waals surface area contributed by atoms with Crippen LogP contribution < -0.4 is 10.6 Å². The molecule has 0 bridgehead atoms. The van der Waals surface area contributed by atoms with Gasteiger partial charge in [-0.25, -0.2) is 14.2 Å². The fourth-order valence-corrected chi connectivity index (χ4v) is 3.40. The van der Waals surface area contributed by atoms with Gasteiger partial charge in [-0.05, 0) is 37.6 Å². The second-order valence-electron chi connectivity index (χ2n) is 7.10. The van der Waals surface area contributed by atoms with Crippen molar-refractivity contribution in [2.24, 2.45) is 0 Å². The standard InChI is InChI=1S/C22H21ClFN5O3/c1-2-32-21(30)14-7-13(9-25-10-14)17-11-26-22(28-15-3-4-19(24)18(23)8-15)29-20(17)27-16-5-6-31-12-16/h3-4,7-11,16H,2,5-6,12H2,1H3,(H2,26,27,28,29)/t16-/m1/s1. The van der Waals surface area contributed by atoms with Crippen LogP contribution in [0, 0.1) is 5.82 Å². The SMILES string of the molecule is CCOC(=O)c1cncc(-c2cnc(Nc3ccc(F)c(Cl)c3)nc2N[C@@H]2CCOC2)c1. The van der Waals surface area contributed by atoms with Crippen LogP contribution in [0.5, 0.6) is 0 Å². The van der Waals surface area contributed by atoms with Crippen LogP contribution in [0.3, 0.4) is 0 Å². The number of carbonyl (C=O) groups is 1. The lowest BCUT2D eigenvalue weighted by Gasteiger charge is -2.17. The molecule has 0 spiro atoms. The van der Waals surface area contributed by atoms with Gasteiger partial charge < -0.3 is 20.1 Å². The van der Waals surface area contributed by atoms with Crippen molar-refractivity contribution in [2.75, 3.05) is 30.5 Å². The lowest BCUT2D eigenvalue weighted by atomic mass is 10.1. The van der Waals surface area contributed by atoms with Crippen molar-refractivity contribution in [3.63, 3.8) is 0 Å². The highest BCUT2D eigenvalue weighted by Crippen LogP contribution is 2.30. The van der Waals surface area contributed by atoms with Crippen LogP contribution in [0.1, 0.15) is 23.7 Å². The Kier molecular flexibility index (Phi) is 6.77. The van der Waals surface area contributed by atoms with Crippen LogP contribution in [0.2, 0.25) is 5.02 Å². The van der Waals surface area contributed by atoms with Crippen molar-refractivity contribution >= 4 is 35.0 Å². The maximum Gasteiger partial charge on any atom is 0.339 e. The van der Waals surface area contributed by atoms with Crippen molar-refractivity contribution in [1.29, 1.82) is 0 Å². The van der Waals surface area contributed by atoms with Gasteiger partial charge in [0.1, 0.15) is 11.6 Å². The van der Waals surface area contributed by atoms with Gasteiger partial charge in [0.2, 0.25) is 5.95 Å². The van der Waals surface area contributed by atoms with E-state index in [0.29, 0.717) is 47.4 Å². The molecule has 0 unspecified atom stereocenters. The molecule has 0 amide bonds. The third kappa shape index (κ3) is 5.12. The van der Waals surface area contributed by atoms with Gasteiger partial charge in [-0.3, -0.25) is 4.98 Å². The number of halogens is 2. The van der Waals surface area contributed by atoms with E-state index in [4.69, 9.17) is 21.1 Å². The molecule has 1 aromatic carbocycles. The van der Waals surface area contributed by atoms with E-state index in [2.05, 4.69) is 25.6 Å². The van der Waals surface area contributed by atoms with E-state index in [-0.39, 0.29) is 17.7 Å². The summed E-state index contributed by atoms with van der Waals surface area (Å²) in [6.07, 6.45) is 5.55. The second-order valence-corrected chi connectivity index (χ2v) is 7.50. The first-order chi connectivity index (χ1) is 15.5. The molecular formula is C22H21ClFN5O3. The minimum atomic E-state index is -0.508. The number of carbonyl (C=O) groups excluding carboxylic acids is 1. The maximum atomic E-state index is 13.5. The quantitative estimate of drug-likeness (QED) is 0.502. The summed E-state index contributed by atoms with van der Waals surface area (Å²) in [6, 6.07) is 6.04. The number of rotatable bonds is 7. The smallest absolute Gasteiger partial charge is 0.339 e. The van der Waals surface area contributed by atoms with Crippen LogP contribution >= 0.6 is 11.6 Å². The number of pyridine rings is 1. The summed E-state index contributed by atoms with van der Waals surface area (Å²) in [7, 11) is 0. The van der Waals surface area contributed by atoms with Gasteiger partial charge in [-0.15, -0.1) is 0 Å². The highest BCUT2D eigenvalue weighted by molar-refractivity contribution is 6.31. The first kappa shape index (κ1) is 21.9. The molecule has 2 aromatic heterocycles. The van der Waals surface area contributed by atoms with E-state index >= 15 is 0 Å². The Morgan fingerprint density at radius 3 is 2.94 bits per heavy atom. The summed E-state index contributed by atoms with van der Waals surface area (Å²) in [5.74, 6) is -0.111. The second kappa shape index (κ2) is 9.88. The Hall–Kier alpha value is -3.30. The van der Waals surface area contributed by atoms with E-state index in [1.165, 1.54) is 18.3 Å². The summed E-state index contributed by atoms with van der Waals surface area (Å²) < 4.78 is 24.0. The molecule has 10 heteroatoms. The molecule has 1 aliphatic rings. The molecule has 1 aliphatic heterocycles. The molecule has 1 fully saturated rings. The number of esters is 1. The first-order valence-electron chi connectivity index (χ1n) is 10.1. The van der Waals surface area contributed by atoms with E-state index in [1.54, 1.807) is 31.5 Å². The monoisotopic (exact) mass is 457 g/mol. The van der Waals surface area contributed by atoms with Gasteiger partial charge in [-0.1, -0.05) is 11.6 Å². The molecule has 0 saturated carbocycles. The fourth-order valence-electron chi connectivity index (χ4n) is 3.22. The number of nitrogens with zero attached hydrogens (tertiary/aromatic N) is 3. The number of benzene rings is 1. The van der Waals surface area contributed by atoms with Crippen molar-refractivity contribution in [1.82, 2.24) is 15.0 Å². The Balaban J connectivity index is 1.67. The number of anilines is 3. The van der Waals surface area contributed by atoms with E-state index in [1.807, 2.05) is 0 Å². The van der Waals surface area contributed by atoms with Gasteiger partial charge in [0.15, 0.2) is 0 Å². The van der Waals surface area contributed by atoms with E-state index in [9.17, 15) is 9.18 Å². The third-order valence-corrected chi connectivity index (χ3v) is 5.09. The summed E-state index contributed by atoms with van der Waals surface area (Å²) in [4.78, 5) is 25.3. The van der Waals surface area contributed by atoms with E-state index in [0.717, 1.165) is 6.42 Å². The minimum absolute atomic E-state index is 0.00470. The number of ether oxygens (including phenoxy) is 2. The first-order valence-corrected chi connectivity index (χ1v) is 10.5. The average molecular weight is 458 g/mol. The highest BCUT2D eigenvalue weighted by atomic mass is 35.5. The Morgan fingerprint density at radius 2 is 2.19 bits per heavy atom. The van der Waals surface area contributed by atoms with Gasteiger partial charge in [0, 0.05) is 42.0 Å². The highest BCUT2D eigenvalue weighted by Gasteiger charge is 2.20. The Morgan fingerprint density at radius 1 is 1.31 bits per heavy atom. The third-order valence-electron chi connectivity index (χ3n) is 4.80. The molecular weight excluding hydrogens is 437 g/mol. The fraction of sp³-hybridized carbons (Fsp3) is 0.273. The lowest BCUT2D eigenvalue weighted by Crippen LogP contribution is -2.20. The van der Waals surface area contributed by atoms with E-state index < -0.39 is 11.8 Å². The van der Waals surface area contributed by atoms with Gasteiger partial charge in [-0.2, -0.15) is 4.98 Å². The molecule has 32 heavy (non-hydrogen) atoms. The number of hydrogen-bond donors (Lipinski definition) is 2. The van der Waals surface area contributed by atoms with Crippen LogP contribution in [0.25, 0.3) is 11.1 Å². The molecule has 166 valence electrons. The minimum Gasteiger partial charge on any atom is -0.462 e. The molecule has 1 saturated heterocycles. The molecule has 0 radical (unpaired) electrons. The van der Waals surface area contributed by atoms with Gasteiger partial charge >= 0.3 is 5.97 Å². The van der Waals surface area contributed by atoms with Gasteiger partial charge in [0.25, 0.3) is 0 Å². The topological polar surface area (TPSA) is 98.3 Å². The molecule has 0 aliphatic carbocycles. The van der Waals surface area contributed by atoms with Crippen molar-refractivity contribution in [3.05, 3.63) is 59.3 Å². The normalized spacial score (nSPS) is 15.4. The van der Waals surface area contributed by atoms with Crippen molar-refractivity contribution in [3.8, 4) is 11.1 Å². The Labute approximate surface area is 189 Å². The number of hydrogen-bond acceptors (Lipinski definition) is 8. The van der Waals surface area contributed by atoms with Gasteiger partial charge in [0.05, 0.1) is 29.8 Å². The zero-order valence-corrected chi connectivity index (χ0v) is 18.0. The molecule has 4 rings (SSSR count). The molecule has 3 aromatic rings. The van der Waals surface area contributed by atoms with Crippen LogP contribution in [0.15, 0.2) is 42.9 Å². The average Bonchev–Trinajstić information content (AvgIpc) is 3.30. The summed E-state index contributed by atoms with van der Waals surface area (Å²) in [6.45, 7) is 3.24. The van der Waals surface area contributed by atoms with Crippen LogP contribution in [-0.2, 0) is 9.47 Å². The Bertz CT molecular complexity index is 1120. The molecule has 3 heterocycles. The molecule has 8 nitrogen and oxygen atoms in total. The summed E-state index contributed by atoms with van der Waals surface area (Å²) in [5.41, 5.74) is 2.21. The van der Waals surface area contributed by atoms with Crippen LogP contribution in [0.4, 0.5) is 21.8 Å². The number of nitrogens with one attached hydrogen (secondary N) is 2. The lowest BCUT2D eigenvalue weighted by molar-refractivity contribution is 0.0526. The van der Waals surface area contributed by atoms with Crippen LogP contribution in [-0.4, -0.2) is 46.8 Å². The van der Waals surface area contributed by atoms with Crippen molar-refractivity contribution in [2.45, 2.75) is 19.4 Å². The maximum absolute atomic E-state index is 13.5. The predicted octanol–water partition coefficient (Wildman–Crippen LogP) is 4.45. The predicted molar refractivity (Wildman–Crippen MR) is 119 cm³/mol. The molecule has 2 N–H and O–H groups in total. The zero-order chi connectivity index (χ0) is 22.5. The summed E-state index contributed by atoms with van der Waals surface area (Å²) in [5, 5.41) is 6.41. The number of aromatic nitrogens is 3. The summed E-state index contributed by atoms with van der Waals surface area (Å²) >= 11 is 5.87. The van der Waals surface area contributed by atoms with Crippen molar-refractivity contribution < 1.29 is 18.7 Å². The molecule has 1 atom stereocenters. The zero-order valence-electron chi connectivity index (χ0n) is 17.3. The largest absolute Gasteiger partial charge is 0.462 e.